The molecular formula is C9H18F3N. The maximum Gasteiger partial charge on any atom is 0.379 e. The predicted molar refractivity (Wildman–Crippen MR) is 47.7 cm³/mol. The molecule has 0 spiro atoms. The van der Waals surface area contributed by atoms with Crippen LogP contribution in [0.5, 0.6) is 0 Å². The van der Waals surface area contributed by atoms with Gasteiger partial charge in [0.1, 0.15) is 0 Å². The number of alkyl halides is 3. The molecule has 4 heteroatoms. The summed E-state index contributed by atoms with van der Waals surface area (Å²) in [5.41, 5.74) is 0. The van der Waals surface area contributed by atoms with E-state index in [9.17, 15) is 13.2 Å². The molecule has 0 amide bonds. The van der Waals surface area contributed by atoms with Gasteiger partial charge in [-0.05, 0) is 38.9 Å². The first-order chi connectivity index (χ1) is 6.16. The van der Waals surface area contributed by atoms with Gasteiger partial charge in [0.25, 0.3) is 0 Å². The summed E-state index contributed by atoms with van der Waals surface area (Å²) in [4.78, 5) is 2.57. The molecular weight excluding hydrogens is 179 g/mol. The Kier molecular flexibility index (Phi) is 8.19. The Morgan fingerprint density at radius 3 is 2.00 bits per heavy atom. The Hall–Kier alpha value is -0.250. The zero-order valence-electron chi connectivity index (χ0n) is 8.11. The van der Waals surface area contributed by atoms with E-state index < -0.39 is 6.68 Å². The van der Waals surface area contributed by atoms with E-state index >= 15 is 0 Å². The average molecular weight is 197 g/mol. The second kappa shape index (κ2) is 8.35. The van der Waals surface area contributed by atoms with Crippen LogP contribution in [0.3, 0.4) is 0 Å². The zero-order chi connectivity index (χ0) is 10.1. The normalized spacial score (nSPS) is 17.3. The second-order valence-corrected chi connectivity index (χ2v) is 3.15. The van der Waals surface area contributed by atoms with Crippen LogP contribution in [0.1, 0.15) is 32.6 Å². The SMILES string of the molecule is CCCCN1CCCC1.FC(F)F. The summed E-state index contributed by atoms with van der Waals surface area (Å²) in [5.74, 6) is 0. The Bertz CT molecular complexity index is 100. The maximum atomic E-state index is 9.67. The largest absolute Gasteiger partial charge is 0.379 e. The van der Waals surface area contributed by atoms with Crippen LogP contribution in [-0.2, 0) is 0 Å². The van der Waals surface area contributed by atoms with Crippen molar-refractivity contribution < 1.29 is 13.2 Å². The lowest BCUT2D eigenvalue weighted by molar-refractivity contribution is 0.00819. The van der Waals surface area contributed by atoms with Crippen molar-refractivity contribution in [3.63, 3.8) is 0 Å². The molecule has 1 heterocycles. The summed E-state index contributed by atoms with van der Waals surface area (Å²) in [6.45, 7) is 2.66. The Balaban J connectivity index is 0.000000310. The van der Waals surface area contributed by atoms with Gasteiger partial charge in [-0.15, -0.1) is 0 Å². The smallest absolute Gasteiger partial charge is 0.303 e. The van der Waals surface area contributed by atoms with Crippen LogP contribution >= 0.6 is 0 Å². The van der Waals surface area contributed by atoms with E-state index in [0.29, 0.717) is 0 Å². The number of rotatable bonds is 3. The number of nitrogens with zero attached hydrogens (tertiary/aromatic N) is 1. The third kappa shape index (κ3) is 9.67. The van der Waals surface area contributed by atoms with Crippen LogP contribution in [0.15, 0.2) is 0 Å². The number of hydrogen-bond acceptors (Lipinski definition) is 1. The lowest BCUT2D eigenvalue weighted by atomic mass is 10.3. The first-order valence-corrected chi connectivity index (χ1v) is 4.81. The minimum Gasteiger partial charge on any atom is -0.303 e. The lowest BCUT2D eigenvalue weighted by Crippen LogP contribution is -2.19. The van der Waals surface area contributed by atoms with E-state index in [2.05, 4.69) is 11.8 Å². The molecule has 0 bridgehead atoms. The quantitative estimate of drug-likeness (QED) is 0.672. The molecule has 80 valence electrons. The van der Waals surface area contributed by atoms with Crippen LogP contribution in [0.25, 0.3) is 0 Å². The molecule has 1 nitrogen and oxygen atoms in total. The fourth-order valence-electron chi connectivity index (χ4n) is 1.39. The van der Waals surface area contributed by atoms with Crippen LogP contribution < -0.4 is 0 Å². The fourth-order valence-corrected chi connectivity index (χ4v) is 1.39. The van der Waals surface area contributed by atoms with Crippen LogP contribution in [0, 0.1) is 0 Å². The fraction of sp³-hybridized carbons (Fsp3) is 1.00. The highest BCUT2D eigenvalue weighted by atomic mass is 19.4. The van der Waals surface area contributed by atoms with Crippen molar-refractivity contribution in [1.29, 1.82) is 0 Å². The predicted octanol–water partition coefficient (Wildman–Crippen LogP) is 3.06. The molecule has 0 aromatic rings. The summed E-state index contributed by atoms with van der Waals surface area (Å²) in [6, 6.07) is 0. The topological polar surface area (TPSA) is 3.24 Å². The molecule has 1 aliphatic heterocycles. The van der Waals surface area contributed by atoms with Gasteiger partial charge in [0.05, 0.1) is 0 Å². The van der Waals surface area contributed by atoms with Gasteiger partial charge < -0.3 is 4.90 Å². The molecule has 0 saturated carbocycles. The summed E-state index contributed by atoms with van der Waals surface area (Å²) in [6.07, 6.45) is 5.60. The highest BCUT2D eigenvalue weighted by Gasteiger charge is 2.08. The molecule has 13 heavy (non-hydrogen) atoms. The first kappa shape index (κ1) is 12.8. The molecule has 0 atom stereocenters. The number of unbranched alkanes of at least 4 members (excludes halogenated alkanes) is 1. The van der Waals surface area contributed by atoms with Crippen molar-refractivity contribution >= 4 is 0 Å². The average Bonchev–Trinajstić information content (AvgIpc) is 2.51. The summed E-state index contributed by atoms with van der Waals surface area (Å²) in [7, 11) is 0. The molecule has 0 unspecified atom stereocenters. The van der Waals surface area contributed by atoms with Gasteiger partial charge in [0.15, 0.2) is 0 Å². The third-order valence-corrected chi connectivity index (χ3v) is 2.03. The van der Waals surface area contributed by atoms with Crippen molar-refractivity contribution in [1.82, 2.24) is 4.90 Å². The van der Waals surface area contributed by atoms with E-state index in [1.54, 1.807) is 0 Å². The molecule has 1 saturated heterocycles. The van der Waals surface area contributed by atoms with E-state index in [1.165, 1.54) is 45.3 Å². The van der Waals surface area contributed by atoms with Gasteiger partial charge in [-0.25, -0.2) is 0 Å². The Morgan fingerprint density at radius 1 is 1.15 bits per heavy atom. The minimum absolute atomic E-state index is 1.34. The van der Waals surface area contributed by atoms with Gasteiger partial charge >= 0.3 is 6.68 Å². The highest BCUT2D eigenvalue weighted by Crippen LogP contribution is 2.07. The standard InChI is InChI=1S/C8H17N.CHF3/c1-2-3-6-9-7-4-5-8-9;2-1(3)4/h2-8H2,1H3;1H. The van der Waals surface area contributed by atoms with Crippen molar-refractivity contribution in [3.05, 3.63) is 0 Å². The number of halogens is 3. The molecule has 0 aromatic heterocycles. The first-order valence-electron chi connectivity index (χ1n) is 4.81. The Labute approximate surface area is 77.9 Å². The van der Waals surface area contributed by atoms with Crippen LogP contribution in [-0.4, -0.2) is 31.2 Å². The second-order valence-electron chi connectivity index (χ2n) is 3.15. The van der Waals surface area contributed by atoms with Crippen molar-refractivity contribution in [2.45, 2.75) is 39.3 Å². The Morgan fingerprint density at radius 2 is 1.62 bits per heavy atom. The summed E-state index contributed by atoms with van der Waals surface area (Å²) >= 11 is 0. The van der Waals surface area contributed by atoms with Gasteiger partial charge in [-0.1, -0.05) is 13.3 Å². The van der Waals surface area contributed by atoms with Gasteiger partial charge in [0.2, 0.25) is 0 Å². The molecule has 0 radical (unpaired) electrons. The summed E-state index contributed by atoms with van der Waals surface area (Å²) < 4.78 is 29.0. The number of likely N-dealkylation sites (tertiary alicyclic amines) is 1. The van der Waals surface area contributed by atoms with Gasteiger partial charge in [0, 0.05) is 0 Å². The van der Waals surface area contributed by atoms with Gasteiger partial charge in [-0.3, -0.25) is 0 Å². The molecule has 1 rings (SSSR count). The molecule has 0 N–H and O–H groups in total. The van der Waals surface area contributed by atoms with Crippen LogP contribution in [0.4, 0.5) is 13.2 Å². The van der Waals surface area contributed by atoms with Crippen molar-refractivity contribution in [2.75, 3.05) is 19.6 Å². The van der Waals surface area contributed by atoms with Crippen molar-refractivity contribution in [3.8, 4) is 0 Å². The molecule has 0 aliphatic carbocycles. The minimum atomic E-state index is -3.67. The lowest BCUT2D eigenvalue weighted by Gasteiger charge is -2.12. The molecule has 1 fully saturated rings. The van der Waals surface area contributed by atoms with Gasteiger partial charge in [-0.2, -0.15) is 13.2 Å². The van der Waals surface area contributed by atoms with E-state index in [4.69, 9.17) is 0 Å². The molecule has 0 aromatic carbocycles. The van der Waals surface area contributed by atoms with Crippen molar-refractivity contribution in [2.24, 2.45) is 0 Å². The van der Waals surface area contributed by atoms with E-state index in [-0.39, 0.29) is 0 Å². The zero-order valence-corrected chi connectivity index (χ0v) is 8.11. The van der Waals surface area contributed by atoms with Crippen LogP contribution in [0.2, 0.25) is 0 Å². The highest BCUT2D eigenvalue weighted by molar-refractivity contribution is 4.64. The molecule has 1 aliphatic rings. The maximum absolute atomic E-state index is 9.67. The third-order valence-electron chi connectivity index (χ3n) is 2.03. The monoisotopic (exact) mass is 197 g/mol. The van der Waals surface area contributed by atoms with E-state index in [0.717, 1.165) is 0 Å². The summed E-state index contributed by atoms with van der Waals surface area (Å²) in [5, 5.41) is 0. The number of hydrogen-bond donors (Lipinski definition) is 0. The van der Waals surface area contributed by atoms with E-state index in [1.807, 2.05) is 0 Å².